The zero-order chi connectivity index (χ0) is 19.6. The maximum absolute atomic E-state index is 6.07. The molecular weight excluding hydrogens is 334 g/mol. The molecule has 1 unspecified atom stereocenters. The molecule has 0 radical (unpaired) electrons. The quantitative estimate of drug-likeness (QED) is 0.354. The van der Waals surface area contributed by atoms with Gasteiger partial charge in [0.05, 0.1) is 18.0 Å². The van der Waals surface area contributed by atoms with Crippen molar-refractivity contribution in [3.63, 3.8) is 0 Å². The van der Waals surface area contributed by atoms with Crippen LogP contribution in [0.2, 0.25) is 0 Å². The lowest BCUT2D eigenvalue weighted by atomic mass is 9.96. The summed E-state index contributed by atoms with van der Waals surface area (Å²) in [6, 6.07) is 11.5. The third kappa shape index (κ3) is 6.70. The van der Waals surface area contributed by atoms with Crippen LogP contribution in [0.25, 0.3) is 0 Å². The maximum Gasteiger partial charge on any atom is 0.122 e. The van der Waals surface area contributed by atoms with E-state index >= 15 is 0 Å². The normalized spacial score (nSPS) is 12.4. The lowest BCUT2D eigenvalue weighted by Crippen LogP contribution is -2.07. The van der Waals surface area contributed by atoms with Crippen molar-refractivity contribution in [1.29, 1.82) is 0 Å². The Morgan fingerprint density at radius 2 is 1.70 bits per heavy atom. The second-order valence-electron chi connectivity index (χ2n) is 7.25. The molecule has 2 aromatic carbocycles. The second-order valence-corrected chi connectivity index (χ2v) is 7.25. The Bertz CT molecular complexity index is 738. The standard InChI is InChI=1S/C23H33N3O/c1-5-7-8-19(6-2)13-14-27-23-16-17(3)22(15-18(23)4)26-25-21-11-9-20(24)10-12-21/h9-12,15-16,19H,5-8,13-14,24H2,1-4H3. The maximum atomic E-state index is 6.07. The number of ether oxygens (including phenoxy) is 1. The van der Waals surface area contributed by atoms with Gasteiger partial charge < -0.3 is 10.5 Å². The zero-order valence-electron chi connectivity index (χ0n) is 17.2. The van der Waals surface area contributed by atoms with Crippen LogP contribution in [0.4, 0.5) is 17.1 Å². The summed E-state index contributed by atoms with van der Waals surface area (Å²) in [7, 11) is 0. The lowest BCUT2D eigenvalue weighted by Gasteiger charge is -2.16. The first-order valence-electron chi connectivity index (χ1n) is 10.0. The highest BCUT2D eigenvalue weighted by Gasteiger charge is 2.09. The van der Waals surface area contributed by atoms with Gasteiger partial charge in [0.25, 0.3) is 0 Å². The molecule has 0 amide bonds. The minimum Gasteiger partial charge on any atom is -0.493 e. The summed E-state index contributed by atoms with van der Waals surface area (Å²) in [6.07, 6.45) is 6.23. The van der Waals surface area contributed by atoms with Crippen LogP contribution in [-0.2, 0) is 0 Å². The van der Waals surface area contributed by atoms with Crippen molar-refractivity contribution in [3.8, 4) is 5.75 Å². The summed E-state index contributed by atoms with van der Waals surface area (Å²) < 4.78 is 6.07. The van der Waals surface area contributed by atoms with E-state index in [1.807, 2.05) is 37.3 Å². The number of hydrogen-bond donors (Lipinski definition) is 1. The van der Waals surface area contributed by atoms with Gasteiger partial charge in [-0.25, -0.2) is 0 Å². The fourth-order valence-electron chi connectivity index (χ4n) is 3.07. The Labute approximate surface area is 163 Å². The molecular formula is C23H33N3O. The van der Waals surface area contributed by atoms with Gasteiger partial charge in [0.15, 0.2) is 0 Å². The van der Waals surface area contributed by atoms with Crippen molar-refractivity contribution in [2.45, 2.75) is 59.8 Å². The Hall–Kier alpha value is -2.36. The summed E-state index contributed by atoms with van der Waals surface area (Å²) in [5.74, 6) is 1.71. The van der Waals surface area contributed by atoms with Gasteiger partial charge in [0, 0.05) is 5.69 Å². The average molecular weight is 368 g/mol. The minimum absolute atomic E-state index is 0.725. The predicted molar refractivity (Wildman–Crippen MR) is 114 cm³/mol. The van der Waals surface area contributed by atoms with Crippen molar-refractivity contribution < 1.29 is 4.74 Å². The van der Waals surface area contributed by atoms with Crippen LogP contribution in [0.3, 0.4) is 0 Å². The number of azo groups is 1. The summed E-state index contributed by atoms with van der Waals surface area (Å²) in [5, 5.41) is 8.69. The number of nitrogens with zero attached hydrogens (tertiary/aromatic N) is 2. The average Bonchev–Trinajstić information content (AvgIpc) is 2.67. The van der Waals surface area contributed by atoms with Gasteiger partial charge in [0.2, 0.25) is 0 Å². The van der Waals surface area contributed by atoms with Crippen molar-refractivity contribution in [2.75, 3.05) is 12.3 Å². The van der Waals surface area contributed by atoms with Gasteiger partial charge in [-0.15, -0.1) is 0 Å². The molecule has 2 aromatic rings. The lowest BCUT2D eigenvalue weighted by molar-refractivity contribution is 0.265. The van der Waals surface area contributed by atoms with E-state index in [1.54, 1.807) is 0 Å². The highest BCUT2D eigenvalue weighted by Crippen LogP contribution is 2.30. The molecule has 0 bridgehead atoms. The highest BCUT2D eigenvalue weighted by molar-refractivity contribution is 5.54. The molecule has 0 saturated carbocycles. The summed E-state index contributed by atoms with van der Waals surface area (Å²) in [5.41, 5.74) is 10.2. The van der Waals surface area contributed by atoms with Crippen molar-refractivity contribution in [1.82, 2.24) is 0 Å². The Morgan fingerprint density at radius 3 is 2.37 bits per heavy atom. The molecule has 0 heterocycles. The van der Waals surface area contributed by atoms with Crippen LogP contribution in [0.5, 0.6) is 5.75 Å². The fraction of sp³-hybridized carbons (Fsp3) is 0.478. The summed E-state index contributed by atoms with van der Waals surface area (Å²) in [4.78, 5) is 0. The number of benzene rings is 2. The van der Waals surface area contributed by atoms with E-state index in [0.717, 1.165) is 52.9 Å². The Balaban J connectivity index is 1.98. The molecule has 0 fully saturated rings. The van der Waals surface area contributed by atoms with Crippen LogP contribution in [0.1, 0.15) is 57.1 Å². The van der Waals surface area contributed by atoms with Crippen LogP contribution < -0.4 is 10.5 Å². The summed E-state index contributed by atoms with van der Waals surface area (Å²) >= 11 is 0. The Kier molecular flexibility index (Phi) is 8.31. The number of unbranched alkanes of at least 4 members (excludes halogenated alkanes) is 1. The first kappa shape index (κ1) is 20.9. The van der Waals surface area contributed by atoms with Crippen LogP contribution >= 0.6 is 0 Å². The van der Waals surface area contributed by atoms with Crippen LogP contribution in [0.15, 0.2) is 46.6 Å². The van der Waals surface area contributed by atoms with Gasteiger partial charge in [-0.05, 0) is 73.7 Å². The third-order valence-electron chi connectivity index (χ3n) is 4.99. The predicted octanol–water partition coefficient (Wildman–Crippen LogP) is 7.29. The molecule has 0 aliphatic carbocycles. The second kappa shape index (κ2) is 10.7. The molecule has 0 aliphatic rings. The molecule has 0 spiro atoms. The van der Waals surface area contributed by atoms with Crippen LogP contribution in [-0.4, -0.2) is 6.61 Å². The molecule has 4 heteroatoms. The van der Waals surface area contributed by atoms with E-state index in [2.05, 4.69) is 37.1 Å². The minimum atomic E-state index is 0.725. The molecule has 27 heavy (non-hydrogen) atoms. The molecule has 0 saturated heterocycles. The first-order valence-corrected chi connectivity index (χ1v) is 10.0. The molecule has 146 valence electrons. The molecule has 0 aromatic heterocycles. The van der Waals surface area contributed by atoms with Gasteiger partial charge in [-0.3, -0.25) is 0 Å². The van der Waals surface area contributed by atoms with Gasteiger partial charge in [-0.2, -0.15) is 10.2 Å². The number of nitrogen functional groups attached to an aromatic ring is 1. The van der Waals surface area contributed by atoms with E-state index in [0.29, 0.717) is 0 Å². The topological polar surface area (TPSA) is 60.0 Å². The van der Waals surface area contributed by atoms with Gasteiger partial charge in [0.1, 0.15) is 5.75 Å². The monoisotopic (exact) mass is 367 g/mol. The summed E-state index contributed by atoms with van der Waals surface area (Å²) in [6.45, 7) is 9.40. The van der Waals surface area contributed by atoms with Crippen molar-refractivity contribution in [2.24, 2.45) is 16.1 Å². The zero-order valence-corrected chi connectivity index (χ0v) is 17.2. The number of rotatable bonds is 10. The number of hydrogen-bond acceptors (Lipinski definition) is 4. The van der Waals surface area contributed by atoms with E-state index in [1.165, 1.54) is 25.7 Å². The Morgan fingerprint density at radius 1 is 0.963 bits per heavy atom. The highest BCUT2D eigenvalue weighted by atomic mass is 16.5. The number of aryl methyl sites for hydroxylation is 2. The first-order chi connectivity index (χ1) is 13.0. The smallest absolute Gasteiger partial charge is 0.122 e. The van der Waals surface area contributed by atoms with Crippen molar-refractivity contribution >= 4 is 17.1 Å². The van der Waals surface area contributed by atoms with E-state index in [-0.39, 0.29) is 0 Å². The van der Waals surface area contributed by atoms with Crippen molar-refractivity contribution in [3.05, 3.63) is 47.5 Å². The molecule has 0 aliphatic heterocycles. The molecule has 4 nitrogen and oxygen atoms in total. The van der Waals surface area contributed by atoms with E-state index < -0.39 is 0 Å². The number of anilines is 1. The van der Waals surface area contributed by atoms with Gasteiger partial charge in [-0.1, -0.05) is 39.5 Å². The fourth-order valence-corrected chi connectivity index (χ4v) is 3.07. The molecule has 2 N–H and O–H groups in total. The SMILES string of the molecule is CCCCC(CC)CCOc1cc(C)c(N=Nc2ccc(N)cc2)cc1C. The van der Waals surface area contributed by atoms with E-state index in [4.69, 9.17) is 10.5 Å². The van der Waals surface area contributed by atoms with E-state index in [9.17, 15) is 0 Å². The molecule has 1 atom stereocenters. The molecule has 2 rings (SSSR count). The largest absolute Gasteiger partial charge is 0.493 e. The number of nitrogens with two attached hydrogens (primary N) is 1. The van der Waals surface area contributed by atoms with Crippen LogP contribution in [0, 0.1) is 19.8 Å². The van der Waals surface area contributed by atoms with Gasteiger partial charge >= 0.3 is 0 Å². The third-order valence-corrected chi connectivity index (χ3v) is 4.99.